The van der Waals surface area contributed by atoms with Gasteiger partial charge in [-0.15, -0.1) is 11.8 Å². The van der Waals surface area contributed by atoms with Crippen LogP contribution in [0.5, 0.6) is 0 Å². The van der Waals surface area contributed by atoms with Crippen molar-refractivity contribution in [1.82, 2.24) is 0 Å². The number of hydrogen-bond donors (Lipinski definition) is 0. The average Bonchev–Trinajstić information content (AvgIpc) is 2.65. The summed E-state index contributed by atoms with van der Waals surface area (Å²) in [4.78, 5) is 1.47. The Morgan fingerprint density at radius 1 is 1.00 bits per heavy atom. The monoisotopic (exact) mass is 374 g/mol. The van der Waals surface area contributed by atoms with Gasteiger partial charge in [-0.05, 0) is 22.9 Å². The second-order valence-corrected chi connectivity index (χ2v) is 4.89. The topological polar surface area (TPSA) is 0 Å². The summed E-state index contributed by atoms with van der Waals surface area (Å²) in [6.45, 7) is 2.25. The van der Waals surface area contributed by atoms with Gasteiger partial charge in [0.2, 0.25) is 0 Å². The second-order valence-electron chi connectivity index (χ2n) is 3.50. The molecule has 1 aliphatic heterocycles. The number of thioether (sulfide) groups is 1. The molecule has 0 saturated heterocycles. The zero-order valence-corrected chi connectivity index (χ0v) is 14.9. The van der Waals surface area contributed by atoms with Gasteiger partial charge in [-0.1, -0.05) is 36.4 Å². The summed E-state index contributed by atoms with van der Waals surface area (Å²) < 4.78 is 0. The van der Waals surface area contributed by atoms with Crippen molar-refractivity contribution in [3.05, 3.63) is 34.2 Å². The molecule has 1 aliphatic carbocycles. The molecule has 18 heavy (non-hydrogen) atoms. The minimum absolute atomic E-state index is 0. The van der Waals surface area contributed by atoms with Crippen molar-refractivity contribution in [3.63, 3.8) is 0 Å². The van der Waals surface area contributed by atoms with Crippen molar-refractivity contribution in [2.45, 2.75) is 17.1 Å². The number of fused-ring (bicyclic) bond motifs is 3. The molecule has 6 heteroatoms. The molecule has 0 radical (unpaired) electrons. The van der Waals surface area contributed by atoms with Gasteiger partial charge in [0.25, 0.3) is 0 Å². The zero-order chi connectivity index (χ0) is 8.84. The SMILES string of the molecule is CC1C=c2ccc3c(c2S1)C=CC=3.[Cl-].[Cl-].[Cl-].[Cl-].[Ti+4]. The van der Waals surface area contributed by atoms with Gasteiger partial charge < -0.3 is 49.6 Å². The minimum atomic E-state index is 0. The van der Waals surface area contributed by atoms with Gasteiger partial charge in [0.15, 0.2) is 0 Å². The largest absolute Gasteiger partial charge is 4.00 e. The molecular formula is C12H10Cl4STi. The van der Waals surface area contributed by atoms with Gasteiger partial charge in [-0.2, -0.15) is 0 Å². The van der Waals surface area contributed by atoms with E-state index in [1.807, 2.05) is 11.8 Å². The normalized spacial score (nSPS) is 15.9. The quantitative estimate of drug-likeness (QED) is 0.406. The third kappa shape index (κ3) is 4.21. The molecule has 1 aromatic rings. The fourth-order valence-corrected chi connectivity index (χ4v) is 3.10. The van der Waals surface area contributed by atoms with E-state index in [9.17, 15) is 0 Å². The van der Waals surface area contributed by atoms with Crippen molar-refractivity contribution in [2.75, 3.05) is 0 Å². The van der Waals surface area contributed by atoms with Crippen LogP contribution in [-0.4, -0.2) is 5.25 Å². The number of rotatable bonds is 0. The summed E-state index contributed by atoms with van der Waals surface area (Å²) in [5.41, 5.74) is 1.42. The molecule has 1 atom stereocenters. The van der Waals surface area contributed by atoms with Gasteiger partial charge in [0, 0.05) is 10.1 Å². The molecule has 1 unspecified atom stereocenters. The first-order valence-corrected chi connectivity index (χ1v) is 5.42. The number of allylic oxidation sites excluding steroid dienone is 1. The van der Waals surface area contributed by atoms with Crippen LogP contribution < -0.4 is 60.1 Å². The van der Waals surface area contributed by atoms with E-state index in [1.165, 1.54) is 20.9 Å². The Morgan fingerprint density at radius 3 is 2.28 bits per heavy atom. The molecule has 2 aliphatic rings. The Hall–Kier alpha value is 0.924. The number of halogens is 4. The molecule has 0 amide bonds. The molecule has 1 aromatic carbocycles. The van der Waals surface area contributed by atoms with Crippen molar-refractivity contribution in [2.24, 2.45) is 0 Å². The van der Waals surface area contributed by atoms with Crippen molar-refractivity contribution >= 4 is 30.0 Å². The van der Waals surface area contributed by atoms with E-state index in [0.29, 0.717) is 5.25 Å². The van der Waals surface area contributed by atoms with Crippen LogP contribution in [0.4, 0.5) is 0 Å². The van der Waals surface area contributed by atoms with E-state index in [2.05, 4.69) is 43.4 Å². The van der Waals surface area contributed by atoms with Gasteiger partial charge in [-0.25, -0.2) is 0 Å². The maximum Gasteiger partial charge on any atom is 4.00 e. The molecule has 0 nitrogen and oxygen atoms in total. The molecule has 0 saturated carbocycles. The van der Waals surface area contributed by atoms with Gasteiger partial charge in [0.1, 0.15) is 0 Å². The number of benzene rings is 1. The molecular weight excluding hydrogens is 366 g/mol. The summed E-state index contributed by atoms with van der Waals surface area (Å²) in [6, 6.07) is 4.44. The van der Waals surface area contributed by atoms with Crippen molar-refractivity contribution in [3.8, 4) is 0 Å². The Labute approximate surface area is 151 Å². The van der Waals surface area contributed by atoms with Crippen LogP contribution in [0.3, 0.4) is 0 Å². The average molecular weight is 376 g/mol. The third-order valence-corrected chi connectivity index (χ3v) is 3.72. The Bertz CT molecular complexity index is 528. The van der Waals surface area contributed by atoms with Gasteiger partial charge in [0.05, 0.1) is 0 Å². The second kappa shape index (κ2) is 9.77. The zero-order valence-electron chi connectivity index (χ0n) is 9.46. The molecule has 0 fully saturated rings. The van der Waals surface area contributed by atoms with Crippen molar-refractivity contribution in [1.29, 1.82) is 0 Å². The fraction of sp³-hybridized carbons (Fsp3) is 0.167. The van der Waals surface area contributed by atoms with Gasteiger partial charge >= 0.3 is 21.7 Å². The van der Waals surface area contributed by atoms with Gasteiger partial charge in [-0.3, -0.25) is 0 Å². The summed E-state index contributed by atoms with van der Waals surface area (Å²) in [7, 11) is 0. The Morgan fingerprint density at radius 2 is 1.61 bits per heavy atom. The molecule has 0 aromatic heterocycles. The van der Waals surface area contributed by atoms with E-state index in [-0.39, 0.29) is 71.3 Å². The first kappa shape index (κ1) is 24.0. The number of hydrogen-bond acceptors (Lipinski definition) is 1. The predicted octanol–water partition coefficient (Wildman–Crippen LogP) is -10.2. The maximum absolute atomic E-state index is 2.34. The van der Waals surface area contributed by atoms with Crippen LogP contribution in [0.1, 0.15) is 12.5 Å². The van der Waals surface area contributed by atoms with E-state index in [0.717, 1.165) is 0 Å². The maximum atomic E-state index is 2.34. The summed E-state index contributed by atoms with van der Waals surface area (Å²) >= 11 is 1.97. The summed E-state index contributed by atoms with van der Waals surface area (Å²) in [5, 5.41) is 3.42. The van der Waals surface area contributed by atoms with E-state index in [1.54, 1.807) is 0 Å². The van der Waals surface area contributed by atoms with Crippen LogP contribution in [0.25, 0.3) is 18.2 Å². The van der Waals surface area contributed by atoms with Crippen LogP contribution in [0.15, 0.2) is 23.1 Å². The van der Waals surface area contributed by atoms with Crippen LogP contribution in [-0.2, 0) is 21.7 Å². The molecule has 0 spiro atoms. The van der Waals surface area contributed by atoms with Crippen LogP contribution in [0, 0.1) is 0 Å². The van der Waals surface area contributed by atoms with Crippen molar-refractivity contribution < 1.29 is 71.3 Å². The van der Waals surface area contributed by atoms with E-state index < -0.39 is 0 Å². The Balaban J connectivity index is -0.000000450. The predicted molar refractivity (Wildman–Crippen MR) is 59.0 cm³/mol. The third-order valence-electron chi connectivity index (χ3n) is 2.52. The Kier molecular flexibility index (Phi) is 13.0. The molecule has 96 valence electrons. The molecule has 1 heterocycles. The minimum Gasteiger partial charge on any atom is -1.00 e. The van der Waals surface area contributed by atoms with Crippen LogP contribution in [0.2, 0.25) is 0 Å². The molecule has 0 N–H and O–H groups in total. The molecule has 0 bridgehead atoms. The standard InChI is InChI=1S/C12H10S.4ClH.Ti/c1-8-7-10-6-5-9-3-2-4-11(9)12(10)13-8;;;;;/h2-8H,1H3;4*1H;/q;;;;;+4/p-4. The summed E-state index contributed by atoms with van der Waals surface area (Å²) in [6.07, 6.45) is 8.87. The first-order chi connectivity index (χ1) is 6.34. The summed E-state index contributed by atoms with van der Waals surface area (Å²) in [5.74, 6) is 0. The first-order valence-electron chi connectivity index (χ1n) is 4.54. The van der Waals surface area contributed by atoms with E-state index in [4.69, 9.17) is 0 Å². The molecule has 3 rings (SSSR count). The van der Waals surface area contributed by atoms with E-state index >= 15 is 0 Å². The van der Waals surface area contributed by atoms with Crippen LogP contribution >= 0.6 is 11.8 Å². The fourth-order valence-electron chi connectivity index (χ4n) is 1.93. The smallest absolute Gasteiger partial charge is 1.00 e.